The van der Waals surface area contributed by atoms with E-state index in [9.17, 15) is 15.4 Å². The number of nitro benzene ring substituents is 1. The van der Waals surface area contributed by atoms with Gasteiger partial charge in [-0.3, -0.25) is 10.1 Å². The number of hydrogen-bond donors (Lipinski definition) is 0. The Bertz CT molecular complexity index is 823. The van der Waals surface area contributed by atoms with Crippen LogP contribution in [0.1, 0.15) is 50.0 Å². The summed E-state index contributed by atoms with van der Waals surface area (Å²) in [5.74, 6) is 1.22. The quantitative estimate of drug-likeness (QED) is 0.626. The third-order valence-electron chi connectivity index (χ3n) is 4.61. The van der Waals surface area contributed by atoms with Crippen LogP contribution < -0.4 is 4.90 Å². The lowest BCUT2D eigenvalue weighted by atomic mass is 9.96. The molecule has 0 bridgehead atoms. The van der Waals surface area contributed by atoms with Crippen LogP contribution in [0.15, 0.2) is 24.5 Å². The number of nitro groups is 1. The molecule has 1 aromatic carbocycles. The van der Waals surface area contributed by atoms with E-state index >= 15 is 0 Å². The molecular formula is C17H20N6O2. The van der Waals surface area contributed by atoms with Crippen molar-refractivity contribution in [1.82, 2.24) is 14.8 Å². The Morgan fingerprint density at radius 2 is 2.24 bits per heavy atom. The van der Waals surface area contributed by atoms with Crippen molar-refractivity contribution in [3.05, 3.63) is 46.0 Å². The smallest absolute Gasteiger partial charge is 0.287 e. The molecule has 8 nitrogen and oxygen atoms in total. The van der Waals surface area contributed by atoms with Gasteiger partial charge in [0.1, 0.15) is 23.8 Å². The van der Waals surface area contributed by atoms with Crippen molar-refractivity contribution in [2.75, 3.05) is 18.0 Å². The van der Waals surface area contributed by atoms with Gasteiger partial charge in [0.25, 0.3) is 5.69 Å². The highest BCUT2D eigenvalue weighted by Gasteiger charge is 2.27. The van der Waals surface area contributed by atoms with Gasteiger partial charge >= 0.3 is 0 Å². The number of piperidine rings is 1. The first-order valence-electron chi connectivity index (χ1n) is 8.34. The highest BCUT2D eigenvalue weighted by atomic mass is 16.6. The van der Waals surface area contributed by atoms with Crippen molar-refractivity contribution in [1.29, 1.82) is 5.26 Å². The molecular weight excluding hydrogens is 320 g/mol. The van der Waals surface area contributed by atoms with E-state index in [1.54, 1.807) is 18.5 Å². The fourth-order valence-electron chi connectivity index (χ4n) is 3.33. The van der Waals surface area contributed by atoms with Gasteiger partial charge in [0, 0.05) is 36.8 Å². The van der Waals surface area contributed by atoms with Gasteiger partial charge in [0.05, 0.1) is 4.92 Å². The number of nitrogens with zero attached hydrogens (tertiary/aromatic N) is 6. The molecule has 0 radical (unpaired) electrons. The van der Waals surface area contributed by atoms with Gasteiger partial charge in [-0.1, -0.05) is 0 Å². The lowest BCUT2D eigenvalue weighted by Gasteiger charge is -2.34. The Morgan fingerprint density at radius 1 is 1.44 bits per heavy atom. The number of hydrogen-bond acceptors (Lipinski definition) is 6. The van der Waals surface area contributed by atoms with Crippen LogP contribution in [-0.2, 0) is 0 Å². The van der Waals surface area contributed by atoms with E-state index in [1.807, 2.05) is 6.07 Å². The van der Waals surface area contributed by atoms with Crippen LogP contribution in [0.5, 0.6) is 0 Å². The molecule has 8 heteroatoms. The number of anilines is 1. The maximum atomic E-state index is 11.0. The third kappa shape index (κ3) is 3.31. The molecule has 1 atom stereocenters. The Labute approximate surface area is 145 Å². The van der Waals surface area contributed by atoms with Crippen LogP contribution in [0.2, 0.25) is 0 Å². The molecule has 0 amide bonds. The molecule has 2 aromatic rings. The molecule has 1 aliphatic rings. The topological polar surface area (TPSA) is 101 Å². The molecule has 1 aliphatic heterocycles. The minimum atomic E-state index is -0.521. The zero-order chi connectivity index (χ0) is 18.0. The van der Waals surface area contributed by atoms with E-state index in [-0.39, 0.29) is 17.2 Å². The molecule has 2 heterocycles. The zero-order valence-corrected chi connectivity index (χ0v) is 14.3. The standard InChI is InChI=1S/C17H20N6O2/c1-12(2)22-11-19-20-17(22)13-4-3-7-21(10-13)15-5-6-16(23(24)25)14(8-15)9-18/h5-6,8,11-13H,3-4,7,10H2,1-2H3/t13-/m0/s1. The summed E-state index contributed by atoms with van der Waals surface area (Å²) in [6.07, 6.45) is 3.78. The summed E-state index contributed by atoms with van der Waals surface area (Å²) in [4.78, 5) is 12.6. The lowest BCUT2D eigenvalue weighted by Crippen LogP contribution is -2.35. The van der Waals surface area contributed by atoms with Crippen molar-refractivity contribution in [3.8, 4) is 6.07 Å². The minimum Gasteiger partial charge on any atom is -0.371 e. The van der Waals surface area contributed by atoms with Gasteiger partial charge in [-0.05, 0) is 38.8 Å². The average molecular weight is 340 g/mol. The number of aromatic nitrogens is 3. The first kappa shape index (κ1) is 16.9. The highest BCUT2D eigenvalue weighted by molar-refractivity contribution is 5.60. The van der Waals surface area contributed by atoms with Crippen molar-refractivity contribution in [2.45, 2.75) is 38.6 Å². The summed E-state index contributed by atoms with van der Waals surface area (Å²) in [5.41, 5.74) is 0.775. The van der Waals surface area contributed by atoms with E-state index in [0.717, 1.165) is 37.4 Å². The van der Waals surface area contributed by atoms with Crippen molar-refractivity contribution < 1.29 is 4.92 Å². The molecule has 0 aliphatic carbocycles. The molecule has 1 fully saturated rings. The number of rotatable bonds is 4. The fraction of sp³-hybridized carbons (Fsp3) is 0.471. The lowest BCUT2D eigenvalue weighted by molar-refractivity contribution is -0.385. The van der Waals surface area contributed by atoms with Crippen LogP contribution in [0.25, 0.3) is 0 Å². The monoisotopic (exact) mass is 340 g/mol. The van der Waals surface area contributed by atoms with Gasteiger partial charge < -0.3 is 9.47 Å². The maximum absolute atomic E-state index is 11.0. The molecule has 0 saturated carbocycles. The Balaban J connectivity index is 1.86. The van der Waals surface area contributed by atoms with Crippen LogP contribution in [0, 0.1) is 21.4 Å². The predicted molar refractivity (Wildman–Crippen MR) is 92.4 cm³/mol. The van der Waals surface area contributed by atoms with E-state index in [0.29, 0.717) is 6.04 Å². The third-order valence-corrected chi connectivity index (χ3v) is 4.61. The van der Waals surface area contributed by atoms with Gasteiger partial charge in [0.15, 0.2) is 0 Å². The van der Waals surface area contributed by atoms with E-state index in [1.165, 1.54) is 6.07 Å². The summed E-state index contributed by atoms with van der Waals surface area (Å²) in [6, 6.07) is 6.95. The summed E-state index contributed by atoms with van der Waals surface area (Å²) in [6.45, 7) is 5.81. The molecule has 0 N–H and O–H groups in total. The van der Waals surface area contributed by atoms with E-state index in [4.69, 9.17) is 0 Å². The van der Waals surface area contributed by atoms with Crippen LogP contribution in [0.3, 0.4) is 0 Å². The fourth-order valence-corrected chi connectivity index (χ4v) is 3.33. The van der Waals surface area contributed by atoms with Crippen molar-refractivity contribution >= 4 is 11.4 Å². The summed E-state index contributed by atoms with van der Waals surface area (Å²) in [7, 11) is 0. The minimum absolute atomic E-state index is 0.0926. The van der Waals surface area contributed by atoms with E-state index < -0.39 is 4.92 Å². The second-order valence-corrected chi connectivity index (χ2v) is 6.55. The molecule has 1 aromatic heterocycles. The largest absolute Gasteiger partial charge is 0.371 e. The van der Waals surface area contributed by atoms with Gasteiger partial charge in [-0.2, -0.15) is 5.26 Å². The van der Waals surface area contributed by atoms with E-state index in [2.05, 4.69) is 33.5 Å². The second-order valence-electron chi connectivity index (χ2n) is 6.55. The summed E-state index contributed by atoms with van der Waals surface area (Å²) in [5, 5.41) is 28.6. The Kier molecular flexibility index (Phi) is 4.65. The molecule has 0 unspecified atom stereocenters. The maximum Gasteiger partial charge on any atom is 0.287 e. The van der Waals surface area contributed by atoms with Gasteiger partial charge in [-0.15, -0.1) is 10.2 Å². The SMILES string of the molecule is CC(C)n1cnnc1[C@H]1CCCN(c2ccc([N+](=O)[O-])c(C#N)c2)C1. The van der Waals surface area contributed by atoms with Crippen LogP contribution in [-0.4, -0.2) is 32.8 Å². The zero-order valence-electron chi connectivity index (χ0n) is 14.3. The second kappa shape index (κ2) is 6.89. The first-order valence-corrected chi connectivity index (χ1v) is 8.34. The highest BCUT2D eigenvalue weighted by Crippen LogP contribution is 2.32. The molecule has 0 spiro atoms. The van der Waals surface area contributed by atoms with Gasteiger partial charge in [-0.25, -0.2) is 0 Å². The predicted octanol–water partition coefficient (Wildman–Crippen LogP) is 3.02. The van der Waals surface area contributed by atoms with Crippen molar-refractivity contribution in [3.63, 3.8) is 0 Å². The molecule has 3 rings (SSSR count). The molecule has 130 valence electrons. The number of nitriles is 1. The molecule has 1 saturated heterocycles. The normalized spacial score (nSPS) is 17.5. The van der Waals surface area contributed by atoms with Crippen molar-refractivity contribution in [2.24, 2.45) is 0 Å². The van der Waals surface area contributed by atoms with Crippen LogP contribution >= 0.6 is 0 Å². The summed E-state index contributed by atoms with van der Waals surface area (Å²) < 4.78 is 2.09. The first-order chi connectivity index (χ1) is 12.0. The Morgan fingerprint density at radius 3 is 2.92 bits per heavy atom. The van der Waals surface area contributed by atoms with Crippen LogP contribution in [0.4, 0.5) is 11.4 Å². The molecule has 25 heavy (non-hydrogen) atoms. The summed E-state index contributed by atoms with van der Waals surface area (Å²) >= 11 is 0. The average Bonchev–Trinajstić information content (AvgIpc) is 3.11. The Hall–Kier alpha value is -2.95. The van der Waals surface area contributed by atoms with Gasteiger partial charge in [0.2, 0.25) is 0 Å². The number of benzene rings is 1.